The first-order valence-corrected chi connectivity index (χ1v) is 16.8. The van der Waals surface area contributed by atoms with Gasteiger partial charge >= 0.3 is 0 Å². The van der Waals surface area contributed by atoms with Gasteiger partial charge in [-0.25, -0.2) is 0 Å². The number of ether oxygens (including phenoxy) is 1. The molecule has 10 heteroatoms. The van der Waals surface area contributed by atoms with Gasteiger partial charge in [0.25, 0.3) is 0 Å². The molecule has 47 heavy (non-hydrogen) atoms. The van der Waals surface area contributed by atoms with Crippen molar-refractivity contribution in [2.24, 2.45) is 11.8 Å². The largest absolute Gasteiger partial charge is 0.361 e. The van der Waals surface area contributed by atoms with Crippen LogP contribution in [0.2, 0.25) is 0 Å². The Balaban J connectivity index is 1.81. The van der Waals surface area contributed by atoms with E-state index < -0.39 is 47.5 Å². The van der Waals surface area contributed by atoms with E-state index in [1.807, 2.05) is 88.4 Å². The molecule has 5 atom stereocenters. The van der Waals surface area contributed by atoms with E-state index in [1.54, 1.807) is 13.8 Å². The minimum atomic E-state index is -1.01. The van der Waals surface area contributed by atoms with Crippen molar-refractivity contribution in [3.63, 3.8) is 0 Å². The molecule has 1 saturated heterocycles. The predicted molar refractivity (Wildman–Crippen MR) is 181 cm³/mol. The summed E-state index contributed by atoms with van der Waals surface area (Å²) in [5.74, 6) is -1.77. The van der Waals surface area contributed by atoms with Crippen molar-refractivity contribution < 1.29 is 28.7 Å². The van der Waals surface area contributed by atoms with E-state index in [1.165, 1.54) is 0 Å². The molecule has 0 spiro atoms. The van der Waals surface area contributed by atoms with Gasteiger partial charge in [0.15, 0.2) is 5.78 Å². The Morgan fingerprint density at radius 2 is 1.15 bits per heavy atom. The zero-order valence-electron chi connectivity index (χ0n) is 28.6. The van der Waals surface area contributed by atoms with Crippen molar-refractivity contribution in [2.45, 2.75) is 110 Å². The van der Waals surface area contributed by atoms with Gasteiger partial charge in [0.2, 0.25) is 23.6 Å². The minimum absolute atomic E-state index is 0.0350. The van der Waals surface area contributed by atoms with Gasteiger partial charge in [-0.2, -0.15) is 0 Å². The number of rotatable bonds is 19. The second kappa shape index (κ2) is 17.8. The first kappa shape index (κ1) is 37.4. The standard InChI is InChI=1S/C37H52N4O6/c1-7-32(42)38-28(19-18-26-14-10-8-11-15-26)34(44)40-30(21-25(4)5)35(45)41-31(22-27-16-12-9-13-17-27)36(46)39-29(20-24(2)3)33(43)37(6)23-47-37/h8-17,24-25,28-31H,7,18-23H2,1-6H3,(H,38,42)(H,39,46)(H,40,44)(H,41,45)/t28-,29?,30-,31-,37+/m0/s1. The van der Waals surface area contributed by atoms with Crippen LogP contribution in [-0.2, 0) is 41.6 Å². The molecule has 0 bridgehead atoms. The molecule has 1 aliphatic heterocycles. The van der Waals surface area contributed by atoms with Crippen LogP contribution < -0.4 is 21.3 Å². The predicted octanol–water partition coefficient (Wildman–Crippen LogP) is 3.66. The summed E-state index contributed by atoms with van der Waals surface area (Å²) >= 11 is 0. The van der Waals surface area contributed by atoms with Gasteiger partial charge in [-0.3, -0.25) is 24.0 Å². The van der Waals surface area contributed by atoms with Crippen LogP contribution in [0.3, 0.4) is 0 Å². The lowest BCUT2D eigenvalue weighted by Crippen LogP contribution is -2.59. The van der Waals surface area contributed by atoms with Crippen LogP contribution in [0.4, 0.5) is 0 Å². The molecule has 0 radical (unpaired) electrons. The molecule has 256 valence electrons. The summed E-state index contributed by atoms with van der Waals surface area (Å²) in [6.07, 6.45) is 2.05. The SMILES string of the molecule is CCC(=O)N[C@@H](CCc1ccccc1)C(=O)N[C@@H](CC(C)C)C(=O)N[C@@H](Cc1ccccc1)C(=O)NC(CC(C)C)C(=O)[C@@]1(C)CO1. The summed E-state index contributed by atoms with van der Waals surface area (Å²) in [6, 6.07) is 15.4. The fraction of sp³-hybridized carbons (Fsp3) is 0.541. The molecule has 1 fully saturated rings. The zero-order chi connectivity index (χ0) is 34.6. The topological polar surface area (TPSA) is 146 Å². The number of benzene rings is 2. The Hall–Kier alpha value is -4.05. The van der Waals surface area contributed by atoms with Crippen molar-refractivity contribution in [2.75, 3.05) is 6.61 Å². The highest BCUT2D eigenvalue weighted by atomic mass is 16.6. The minimum Gasteiger partial charge on any atom is -0.361 e. The van der Waals surface area contributed by atoms with Crippen LogP contribution in [0.15, 0.2) is 60.7 Å². The molecule has 1 unspecified atom stereocenters. The monoisotopic (exact) mass is 648 g/mol. The quantitative estimate of drug-likeness (QED) is 0.171. The zero-order valence-corrected chi connectivity index (χ0v) is 28.6. The van der Waals surface area contributed by atoms with Gasteiger partial charge in [0.1, 0.15) is 23.7 Å². The van der Waals surface area contributed by atoms with Crippen LogP contribution >= 0.6 is 0 Å². The number of hydrogen-bond acceptors (Lipinski definition) is 6. The summed E-state index contributed by atoms with van der Waals surface area (Å²) in [4.78, 5) is 66.9. The third-order valence-corrected chi connectivity index (χ3v) is 8.23. The molecule has 4 N–H and O–H groups in total. The molecular formula is C37H52N4O6. The Morgan fingerprint density at radius 1 is 0.681 bits per heavy atom. The van der Waals surface area contributed by atoms with Crippen molar-refractivity contribution >= 4 is 29.4 Å². The molecule has 2 aromatic carbocycles. The highest BCUT2D eigenvalue weighted by Crippen LogP contribution is 2.29. The normalized spacial score (nSPS) is 18.0. The van der Waals surface area contributed by atoms with E-state index in [-0.39, 0.29) is 36.4 Å². The summed E-state index contributed by atoms with van der Waals surface area (Å²) in [6.45, 7) is 11.6. The molecule has 10 nitrogen and oxygen atoms in total. The average Bonchev–Trinajstić information content (AvgIpc) is 3.80. The maximum absolute atomic E-state index is 13.9. The molecule has 1 heterocycles. The lowest BCUT2D eigenvalue weighted by molar-refractivity contribution is -0.135. The first-order chi connectivity index (χ1) is 22.3. The number of nitrogens with one attached hydrogen (secondary N) is 4. The Morgan fingerprint density at radius 3 is 1.68 bits per heavy atom. The lowest BCUT2D eigenvalue weighted by Gasteiger charge is -2.28. The molecule has 3 rings (SSSR count). The Labute approximate surface area is 279 Å². The number of carbonyl (C=O) groups excluding carboxylic acids is 5. The van der Waals surface area contributed by atoms with E-state index in [0.717, 1.165) is 11.1 Å². The number of hydrogen-bond donors (Lipinski definition) is 4. The van der Waals surface area contributed by atoms with E-state index in [0.29, 0.717) is 32.3 Å². The van der Waals surface area contributed by atoms with E-state index in [4.69, 9.17) is 4.74 Å². The maximum atomic E-state index is 13.9. The van der Waals surface area contributed by atoms with Crippen molar-refractivity contribution in [1.82, 2.24) is 21.3 Å². The van der Waals surface area contributed by atoms with Crippen LogP contribution in [0, 0.1) is 11.8 Å². The number of aryl methyl sites for hydroxylation is 1. The Kier molecular flexibility index (Phi) is 14.1. The number of epoxide rings is 1. The smallest absolute Gasteiger partial charge is 0.243 e. The van der Waals surface area contributed by atoms with Crippen LogP contribution in [0.25, 0.3) is 0 Å². The van der Waals surface area contributed by atoms with Gasteiger partial charge in [-0.05, 0) is 55.6 Å². The van der Waals surface area contributed by atoms with Crippen molar-refractivity contribution in [3.05, 3.63) is 71.8 Å². The highest BCUT2D eigenvalue weighted by Gasteiger charge is 2.50. The summed E-state index contributed by atoms with van der Waals surface area (Å²) in [5.41, 5.74) is 0.936. The number of Topliss-reactive ketones (excluding diaryl/α,β-unsaturated/α-hetero) is 1. The second-order valence-electron chi connectivity index (χ2n) is 13.5. The first-order valence-electron chi connectivity index (χ1n) is 16.8. The van der Waals surface area contributed by atoms with Gasteiger partial charge in [0.05, 0.1) is 12.6 Å². The van der Waals surface area contributed by atoms with Crippen LogP contribution in [0.1, 0.15) is 78.4 Å². The van der Waals surface area contributed by atoms with Gasteiger partial charge < -0.3 is 26.0 Å². The van der Waals surface area contributed by atoms with E-state index >= 15 is 0 Å². The molecule has 0 saturated carbocycles. The van der Waals surface area contributed by atoms with Crippen LogP contribution in [0.5, 0.6) is 0 Å². The van der Waals surface area contributed by atoms with Crippen molar-refractivity contribution in [1.29, 1.82) is 0 Å². The fourth-order valence-corrected chi connectivity index (χ4v) is 5.42. The Bertz CT molecular complexity index is 1340. The maximum Gasteiger partial charge on any atom is 0.243 e. The molecule has 2 aromatic rings. The molecule has 4 amide bonds. The molecule has 1 aliphatic rings. The summed E-state index contributed by atoms with van der Waals surface area (Å²) in [7, 11) is 0. The van der Waals surface area contributed by atoms with Crippen molar-refractivity contribution in [3.8, 4) is 0 Å². The molecular weight excluding hydrogens is 596 g/mol. The third kappa shape index (κ3) is 12.2. The fourth-order valence-electron chi connectivity index (χ4n) is 5.42. The summed E-state index contributed by atoms with van der Waals surface area (Å²) in [5, 5.41) is 11.5. The average molecular weight is 649 g/mol. The van der Waals surface area contributed by atoms with Gasteiger partial charge in [-0.15, -0.1) is 0 Å². The van der Waals surface area contributed by atoms with Gasteiger partial charge in [-0.1, -0.05) is 95.3 Å². The third-order valence-electron chi connectivity index (χ3n) is 8.23. The van der Waals surface area contributed by atoms with Crippen LogP contribution in [-0.4, -0.2) is 65.8 Å². The molecule has 0 aliphatic carbocycles. The van der Waals surface area contributed by atoms with E-state index in [2.05, 4.69) is 21.3 Å². The number of amides is 4. The lowest BCUT2D eigenvalue weighted by atomic mass is 9.93. The number of carbonyl (C=O) groups is 5. The molecule has 0 aromatic heterocycles. The highest BCUT2D eigenvalue weighted by molar-refractivity contribution is 5.98. The second-order valence-corrected chi connectivity index (χ2v) is 13.5. The number of ketones is 1. The van der Waals surface area contributed by atoms with E-state index in [9.17, 15) is 24.0 Å². The van der Waals surface area contributed by atoms with Gasteiger partial charge in [0, 0.05) is 12.8 Å². The summed E-state index contributed by atoms with van der Waals surface area (Å²) < 4.78 is 5.38.